The number of nitro benzene ring substituents is 1. The largest absolute Gasteiger partial charge is 0.384 e. The van der Waals surface area contributed by atoms with Crippen molar-refractivity contribution < 1.29 is 4.92 Å². The van der Waals surface area contributed by atoms with Crippen molar-refractivity contribution >= 4 is 11.4 Å². The molecule has 0 atom stereocenters. The Bertz CT molecular complexity index is 380. The fraction of sp³-hybridized carbons (Fsp3) is 0.500. The minimum atomic E-state index is -0.351. The highest BCUT2D eigenvalue weighted by molar-refractivity contribution is 5.54. The Morgan fingerprint density at radius 2 is 2.06 bits per heavy atom. The SMILES string of the molecule is CCCNCCNc1ccc(C)c([N+](=O)[O-])c1. The van der Waals surface area contributed by atoms with Gasteiger partial charge in [-0.1, -0.05) is 13.0 Å². The van der Waals surface area contributed by atoms with Gasteiger partial charge in [0.05, 0.1) is 4.92 Å². The summed E-state index contributed by atoms with van der Waals surface area (Å²) in [5.41, 5.74) is 1.64. The van der Waals surface area contributed by atoms with Gasteiger partial charge in [0.15, 0.2) is 0 Å². The molecule has 0 aromatic heterocycles. The third kappa shape index (κ3) is 4.40. The zero-order valence-corrected chi connectivity index (χ0v) is 10.3. The molecular formula is C12H19N3O2. The first-order chi connectivity index (χ1) is 8.15. The van der Waals surface area contributed by atoms with Gasteiger partial charge in [0, 0.05) is 30.4 Å². The zero-order chi connectivity index (χ0) is 12.7. The second kappa shape index (κ2) is 6.85. The molecule has 0 aliphatic heterocycles. The van der Waals surface area contributed by atoms with Gasteiger partial charge < -0.3 is 10.6 Å². The third-order valence-electron chi connectivity index (χ3n) is 2.46. The highest BCUT2D eigenvalue weighted by Gasteiger charge is 2.10. The van der Waals surface area contributed by atoms with Crippen LogP contribution in [0.15, 0.2) is 18.2 Å². The van der Waals surface area contributed by atoms with Crippen molar-refractivity contribution in [3.8, 4) is 0 Å². The maximum atomic E-state index is 10.8. The summed E-state index contributed by atoms with van der Waals surface area (Å²) in [5.74, 6) is 0. The van der Waals surface area contributed by atoms with Crippen molar-refractivity contribution in [2.24, 2.45) is 0 Å². The number of nitro groups is 1. The topological polar surface area (TPSA) is 67.2 Å². The molecular weight excluding hydrogens is 218 g/mol. The van der Waals surface area contributed by atoms with Crippen LogP contribution in [0.5, 0.6) is 0 Å². The first kappa shape index (κ1) is 13.4. The Labute approximate surface area is 101 Å². The summed E-state index contributed by atoms with van der Waals surface area (Å²) in [4.78, 5) is 10.4. The lowest BCUT2D eigenvalue weighted by Gasteiger charge is -2.07. The molecule has 0 aliphatic carbocycles. The van der Waals surface area contributed by atoms with Gasteiger partial charge in [-0.2, -0.15) is 0 Å². The summed E-state index contributed by atoms with van der Waals surface area (Å²) in [6, 6.07) is 5.21. The lowest BCUT2D eigenvalue weighted by molar-refractivity contribution is -0.385. The van der Waals surface area contributed by atoms with Crippen LogP contribution in [-0.4, -0.2) is 24.6 Å². The molecule has 0 fully saturated rings. The Balaban J connectivity index is 2.49. The van der Waals surface area contributed by atoms with Gasteiger partial charge in [-0.15, -0.1) is 0 Å². The fourth-order valence-electron chi connectivity index (χ4n) is 1.51. The van der Waals surface area contributed by atoms with Crippen molar-refractivity contribution in [2.75, 3.05) is 25.0 Å². The Morgan fingerprint density at radius 3 is 2.71 bits per heavy atom. The number of nitrogens with one attached hydrogen (secondary N) is 2. The van der Waals surface area contributed by atoms with E-state index in [0.717, 1.165) is 31.7 Å². The molecule has 0 unspecified atom stereocenters. The lowest BCUT2D eigenvalue weighted by atomic mass is 10.2. The normalized spacial score (nSPS) is 10.2. The standard InChI is InChI=1S/C12H19N3O2/c1-3-6-13-7-8-14-11-5-4-10(2)12(9-11)15(16)17/h4-5,9,13-14H,3,6-8H2,1-2H3. The number of hydrogen-bond donors (Lipinski definition) is 2. The number of nitrogens with zero attached hydrogens (tertiary/aromatic N) is 1. The van der Waals surface area contributed by atoms with Crippen LogP contribution in [-0.2, 0) is 0 Å². The van der Waals surface area contributed by atoms with Gasteiger partial charge >= 0.3 is 0 Å². The molecule has 0 spiro atoms. The van der Waals surface area contributed by atoms with Crippen LogP contribution in [0.3, 0.4) is 0 Å². The predicted molar refractivity (Wildman–Crippen MR) is 69.5 cm³/mol. The van der Waals surface area contributed by atoms with Crippen molar-refractivity contribution in [3.05, 3.63) is 33.9 Å². The lowest BCUT2D eigenvalue weighted by Crippen LogP contribution is -2.22. The molecule has 0 amide bonds. The summed E-state index contributed by atoms with van der Waals surface area (Å²) in [6.45, 7) is 6.47. The zero-order valence-electron chi connectivity index (χ0n) is 10.3. The Kier molecular flexibility index (Phi) is 5.42. The quantitative estimate of drug-likeness (QED) is 0.434. The number of rotatable bonds is 7. The van der Waals surface area contributed by atoms with Crippen LogP contribution in [0, 0.1) is 17.0 Å². The first-order valence-corrected chi connectivity index (χ1v) is 5.84. The van der Waals surface area contributed by atoms with Crippen LogP contribution in [0.2, 0.25) is 0 Å². The molecule has 5 heteroatoms. The van der Waals surface area contributed by atoms with E-state index in [1.165, 1.54) is 0 Å². The van der Waals surface area contributed by atoms with E-state index >= 15 is 0 Å². The van der Waals surface area contributed by atoms with E-state index in [4.69, 9.17) is 0 Å². The second-order valence-corrected chi connectivity index (χ2v) is 3.94. The molecule has 0 aliphatic rings. The minimum absolute atomic E-state index is 0.163. The van der Waals surface area contributed by atoms with Crippen LogP contribution < -0.4 is 10.6 Å². The average molecular weight is 237 g/mol. The van der Waals surface area contributed by atoms with E-state index in [2.05, 4.69) is 17.6 Å². The molecule has 1 aromatic carbocycles. The van der Waals surface area contributed by atoms with Crippen molar-refractivity contribution in [3.63, 3.8) is 0 Å². The van der Waals surface area contributed by atoms with Gasteiger partial charge in [-0.25, -0.2) is 0 Å². The molecule has 0 radical (unpaired) electrons. The summed E-state index contributed by atoms with van der Waals surface area (Å²) >= 11 is 0. The van der Waals surface area contributed by atoms with Crippen molar-refractivity contribution in [1.82, 2.24) is 5.32 Å². The maximum Gasteiger partial charge on any atom is 0.274 e. The second-order valence-electron chi connectivity index (χ2n) is 3.94. The monoisotopic (exact) mass is 237 g/mol. The number of anilines is 1. The molecule has 94 valence electrons. The molecule has 0 saturated heterocycles. The maximum absolute atomic E-state index is 10.8. The van der Waals surface area contributed by atoms with Gasteiger partial charge in [0.25, 0.3) is 5.69 Å². The Morgan fingerprint density at radius 1 is 1.29 bits per heavy atom. The molecule has 0 bridgehead atoms. The predicted octanol–water partition coefficient (Wildman–Crippen LogP) is 2.31. The van der Waals surface area contributed by atoms with Crippen LogP contribution in [0.25, 0.3) is 0 Å². The van der Waals surface area contributed by atoms with E-state index in [9.17, 15) is 10.1 Å². The average Bonchev–Trinajstić information content (AvgIpc) is 2.30. The molecule has 1 aromatic rings. The van der Waals surface area contributed by atoms with E-state index in [1.807, 2.05) is 6.07 Å². The molecule has 17 heavy (non-hydrogen) atoms. The van der Waals surface area contributed by atoms with E-state index < -0.39 is 0 Å². The fourth-order valence-corrected chi connectivity index (χ4v) is 1.51. The first-order valence-electron chi connectivity index (χ1n) is 5.84. The highest BCUT2D eigenvalue weighted by Crippen LogP contribution is 2.21. The van der Waals surface area contributed by atoms with Gasteiger partial charge in [0.1, 0.15) is 0 Å². The number of benzene rings is 1. The molecule has 0 saturated carbocycles. The Hall–Kier alpha value is -1.62. The van der Waals surface area contributed by atoms with Crippen molar-refractivity contribution in [1.29, 1.82) is 0 Å². The number of aryl methyl sites for hydroxylation is 1. The highest BCUT2D eigenvalue weighted by atomic mass is 16.6. The van der Waals surface area contributed by atoms with Gasteiger partial charge in [-0.3, -0.25) is 10.1 Å². The third-order valence-corrected chi connectivity index (χ3v) is 2.46. The van der Waals surface area contributed by atoms with Gasteiger partial charge in [-0.05, 0) is 26.0 Å². The molecule has 2 N–H and O–H groups in total. The summed E-state index contributed by atoms with van der Waals surface area (Å²) in [5, 5.41) is 17.2. The van der Waals surface area contributed by atoms with Crippen LogP contribution >= 0.6 is 0 Å². The van der Waals surface area contributed by atoms with Crippen LogP contribution in [0.4, 0.5) is 11.4 Å². The summed E-state index contributed by atoms with van der Waals surface area (Å²) < 4.78 is 0. The smallest absolute Gasteiger partial charge is 0.274 e. The van der Waals surface area contributed by atoms with E-state index in [1.54, 1.807) is 19.1 Å². The number of hydrogen-bond acceptors (Lipinski definition) is 4. The molecule has 5 nitrogen and oxygen atoms in total. The van der Waals surface area contributed by atoms with Crippen LogP contribution in [0.1, 0.15) is 18.9 Å². The van der Waals surface area contributed by atoms with E-state index in [-0.39, 0.29) is 10.6 Å². The van der Waals surface area contributed by atoms with Gasteiger partial charge in [0.2, 0.25) is 0 Å². The van der Waals surface area contributed by atoms with E-state index in [0.29, 0.717) is 5.56 Å². The summed E-state index contributed by atoms with van der Waals surface area (Å²) in [7, 11) is 0. The van der Waals surface area contributed by atoms with Crippen molar-refractivity contribution in [2.45, 2.75) is 20.3 Å². The minimum Gasteiger partial charge on any atom is -0.384 e. The molecule has 0 heterocycles. The molecule has 1 rings (SSSR count). The summed E-state index contributed by atoms with van der Waals surface area (Å²) in [6.07, 6.45) is 1.11.